The summed E-state index contributed by atoms with van der Waals surface area (Å²) in [5.74, 6) is 0. The molecule has 1 rings (SSSR count). The fourth-order valence-corrected chi connectivity index (χ4v) is 2.63. The Morgan fingerprint density at radius 1 is 1.60 bits per heavy atom. The van der Waals surface area contributed by atoms with Crippen LogP contribution in [0.5, 0.6) is 0 Å². The molecule has 0 bridgehead atoms. The van der Waals surface area contributed by atoms with Crippen LogP contribution in [0.2, 0.25) is 0 Å². The molecular weight excluding hydrogens is 208 g/mol. The molecule has 2 N–H and O–H groups in total. The second-order valence-electron chi connectivity index (χ2n) is 3.29. The Labute approximate surface area is 92.4 Å². The third-order valence-corrected chi connectivity index (χ3v) is 4.15. The molecule has 0 radical (unpaired) electrons. The van der Waals surface area contributed by atoms with Crippen LogP contribution in [0.4, 0.5) is 5.69 Å². The van der Waals surface area contributed by atoms with Gasteiger partial charge in [0.1, 0.15) is 5.25 Å². The summed E-state index contributed by atoms with van der Waals surface area (Å²) in [6.45, 7) is 3.68. The maximum Gasteiger partial charge on any atom is 0.126 e. The molecule has 1 aromatic rings. The maximum absolute atomic E-state index is 12.0. The van der Waals surface area contributed by atoms with Crippen molar-refractivity contribution < 1.29 is 4.21 Å². The van der Waals surface area contributed by atoms with Crippen molar-refractivity contribution in [3.8, 4) is 6.07 Å². The predicted molar refractivity (Wildman–Crippen MR) is 61.7 cm³/mol. The number of nitriles is 1. The number of nitrogen functional groups attached to an aromatic ring is 1. The topological polar surface area (TPSA) is 66.9 Å². The Balaban J connectivity index is 3.13. The molecule has 0 heterocycles. The molecule has 2 atom stereocenters. The summed E-state index contributed by atoms with van der Waals surface area (Å²) in [5.41, 5.74) is 7.15. The molecule has 0 aliphatic carbocycles. The molecular formula is C11H14N2OS. The second-order valence-corrected chi connectivity index (χ2v) is 4.90. The van der Waals surface area contributed by atoms with Crippen LogP contribution in [0.3, 0.4) is 0 Å². The Bertz CT molecular complexity index is 423. The van der Waals surface area contributed by atoms with Gasteiger partial charge in [-0.2, -0.15) is 5.26 Å². The van der Waals surface area contributed by atoms with Crippen LogP contribution in [-0.2, 0) is 10.8 Å². The van der Waals surface area contributed by atoms with Gasteiger partial charge in [-0.3, -0.25) is 4.21 Å². The highest BCUT2D eigenvalue weighted by Crippen LogP contribution is 2.22. The summed E-state index contributed by atoms with van der Waals surface area (Å²) in [5, 5.41) is 8.39. The highest BCUT2D eigenvalue weighted by molar-refractivity contribution is 7.86. The first-order valence-electron chi connectivity index (χ1n) is 4.77. The van der Waals surface area contributed by atoms with Gasteiger partial charge in [0.05, 0.1) is 16.9 Å². The van der Waals surface area contributed by atoms with E-state index in [0.29, 0.717) is 17.0 Å². The molecule has 15 heavy (non-hydrogen) atoms. The molecule has 2 unspecified atom stereocenters. The zero-order valence-corrected chi connectivity index (χ0v) is 9.67. The minimum Gasteiger partial charge on any atom is -0.398 e. The summed E-state index contributed by atoms with van der Waals surface area (Å²) >= 11 is 0. The zero-order chi connectivity index (χ0) is 11.4. The van der Waals surface area contributed by atoms with Gasteiger partial charge in [-0.1, -0.05) is 13.0 Å². The highest BCUT2D eigenvalue weighted by atomic mass is 32.2. The van der Waals surface area contributed by atoms with Crippen molar-refractivity contribution in [2.75, 3.05) is 5.73 Å². The Morgan fingerprint density at radius 3 is 2.80 bits per heavy atom. The molecule has 3 nitrogen and oxygen atoms in total. The number of anilines is 1. The zero-order valence-electron chi connectivity index (χ0n) is 8.86. The van der Waals surface area contributed by atoms with E-state index in [4.69, 9.17) is 11.0 Å². The van der Waals surface area contributed by atoms with Crippen molar-refractivity contribution in [2.24, 2.45) is 0 Å². The third kappa shape index (κ3) is 2.37. The first kappa shape index (κ1) is 11.7. The van der Waals surface area contributed by atoms with Gasteiger partial charge in [-0.15, -0.1) is 0 Å². The standard InChI is InChI=1S/C11H14N2OS/c1-3-9(7-12)15(14)11-6-4-5-10(13)8(11)2/h4-6,9H,3,13H2,1-2H3. The molecule has 0 fully saturated rings. The molecule has 0 aliphatic heterocycles. The normalized spacial score (nSPS) is 14.2. The number of nitrogens with zero attached hydrogens (tertiary/aromatic N) is 1. The minimum absolute atomic E-state index is 0.453. The molecule has 0 spiro atoms. The lowest BCUT2D eigenvalue weighted by atomic mass is 10.2. The van der Waals surface area contributed by atoms with Crippen LogP contribution in [0.1, 0.15) is 18.9 Å². The number of hydrogen-bond donors (Lipinski definition) is 1. The number of hydrogen-bond acceptors (Lipinski definition) is 3. The van der Waals surface area contributed by atoms with Crippen LogP contribution >= 0.6 is 0 Å². The smallest absolute Gasteiger partial charge is 0.126 e. The van der Waals surface area contributed by atoms with Crippen molar-refractivity contribution in [2.45, 2.75) is 30.4 Å². The van der Waals surface area contributed by atoms with E-state index in [1.165, 1.54) is 0 Å². The van der Waals surface area contributed by atoms with Gasteiger partial charge < -0.3 is 5.73 Å². The van der Waals surface area contributed by atoms with Crippen molar-refractivity contribution in [3.05, 3.63) is 23.8 Å². The van der Waals surface area contributed by atoms with Crippen molar-refractivity contribution >= 4 is 16.5 Å². The van der Waals surface area contributed by atoms with E-state index in [1.54, 1.807) is 18.2 Å². The van der Waals surface area contributed by atoms with Crippen LogP contribution in [-0.4, -0.2) is 9.46 Å². The molecule has 80 valence electrons. The van der Waals surface area contributed by atoms with Crippen molar-refractivity contribution in [1.82, 2.24) is 0 Å². The highest BCUT2D eigenvalue weighted by Gasteiger charge is 2.18. The second kappa shape index (κ2) is 4.94. The van der Waals surface area contributed by atoms with Gasteiger partial charge in [0.2, 0.25) is 0 Å². The summed E-state index contributed by atoms with van der Waals surface area (Å²) < 4.78 is 12.0. The largest absolute Gasteiger partial charge is 0.398 e. The lowest BCUT2D eigenvalue weighted by Gasteiger charge is -2.10. The Hall–Kier alpha value is -1.34. The van der Waals surface area contributed by atoms with Gasteiger partial charge >= 0.3 is 0 Å². The summed E-state index contributed by atoms with van der Waals surface area (Å²) in [7, 11) is -1.28. The van der Waals surface area contributed by atoms with E-state index in [0.717, 1.165) is 5.56 Å². The number of benzene rings is 1. The van der Waals surface area contributed by atoms with E-state index >= 15 is 0 Å². The molecule has 0 aromatic heterocycles. The summed E-state index contributed by atoms with van der Waals surface area (Å²) in [4.78, 5) is 0.670. The molecule has 1 aromatic carbocycles. The summed E-state index contributed by atoms with van der Waals surface area (Å²) in [6, 6.07) is 7.35. The minimum atomic E-state index is -1.28. The Kier molecular flexibility index (Phi) is 3.87. The summed E-state index contributed by atoms with van der Waals surface area (Å²) in [6.07, 6.45) is 0.581. The number of nitrogens with two attached hydrogens (primary N) is 1. The first-order valence-corrected chi connectivity index (χ1v) is 5.98. The lowest BCUT2D eigenvalue weighted by molar-refractivity contribution is 0.676. The third-order valence-electron chi connectivity index (χ3n) is 2.32. The monoisotopic (exact) mass is 222 g/mol. The van der Waals surface area contributed by atoms with E-state index in [2.05, 4.69) is 6.07 Å². The Morgan fingerprint density at radius 2 is 2.27 bits per heavy atom. The molecule has 0 amide bonds. The van der Waals surface area contributed by atoms with Gasteiger partial charge in [0.15, 0.2) is 0 Å². The van der Waals surface area contributed by atoms with Crippen LogP contribution in [0.15, 0.2) is 23.1 Å². The lowest BCUT2D eigenvalue weighted by Crippen LogP contribution is -2.13. The fourth-order valence-electron chi connectivity index (χ4n) is 1.29. The van der Waals surface area contributed by atoms with Gasteiger partial charge in [-0.25, -0.2) is 0 Å². The van der Waals surface area contributed by atoms with Gasteiger partial charge in [-0.05, 0) is 31.0 Å². The maximum atomic E-state index is 12.0. The van der Waals surface area contributed by atoms with Gasteiger partial charge in [0, 0.05) is 10.6 Å². The average Bonchev–Trinajstić information content (AvgIpc) is 2.23. The van der Waals surface area contributed by atoms with Crippen LogP contribution in [0, 0.1) is 18.3 Å². The van der Waals surface area contributed by atoms with E-state index < -0.39 is 16.0 Å². The quantitative estimate of drug-likeness (QED) is 0.795. The fraction of sp³-hybridized carbons (Fsp3) is 0.364. The van der Waals surface area contributed by atoms with Crippen LogP contribution < -0.4 is 5.73 Å². The van der Waals surface area contributed by atoms with E-state index in [1.807, 2.05) is 13.8 Å². The SMILES string of the molecule is CCC(C#N)S(=O)c1cccc(N)c1C. The van der Waals surface area contributed by atoms with Crippen molar-refractivity contribution in [1.29, 1.82) is 5.26 Å². The molecule has 0 saturated carbocycles. The number of rotatable bonds is 3. The van der Waals surface area contributed by atoms with Crippen LogP contribution in [0.25, 0.3) is 0 Å². The van der Waals surface area contributed by atoms with Gasteiger partial charge in [0.25, 0.3) is 0 Å². The molecule has 4 heteroatoms. The van der Waals surface area contributed by atoms with E-state index in [9.17, 15) is 4.21 Å². The molecule has 0 aliphatic rings. The average molecular weight is 222 g/mol. The van der Waals surface area contributed by atoms with Crippen molar-refractivity contribution in [3.63, 3.8) is 0 Å². The van der Waals surface area contributed by atoms with E-state index in [-0.39, 0.29) is 0 Å². The predicted octanol–water partition coefficient (Wildman–Crippen LogP) is 1.99. The molecule has 0 saturated heterocycles. The first-order chi connectivity index (χ1) is 7.11.